The third-order valence-corrected chi connectivity index (χ3v) is 6.01. The van der Waals surface area contributed by atoms with Crippen molar-refractivity contribution in [2.45, 2.75) is 25.9 Å². The first kappa shape index (κ1) is 18.6. The van der Waals surface area contributed by atoms with E-state index in [4.69, 9.17) is 0 Å². The number of nitrogens with zero attached hydrogens (tertiary/aromatic N) is 1. The summed E-state index contributed by atoms with van der Waals surface area (Å²) >= 11 is 1.70. The Kier molecular flexibility index (Phi) is 5.39. The molecule has 2 aromatic carbocycles. The molecule has 6 heteroatoms. The number of nitrogens with one attached hydrogen (secondary N) is 1. The van der Waals surface area contributed by atoms with Crippen molar-refractivity contribution in [2.75, 3.05) is 6.54 Å². The predicted molar refractivity (Wildman–Crippen MR) is 108 cm³/mol. The van der Waals surface area contributed by atoms with E-state index in [2.05, 4.69) is 28.9 Å². The highest BCUT2D eigenvalue weighted by Gasteiger charge is 2.30. The number of halogens is 1. The fourth-order valence-corrected chi connectivity index (χ4v) is 4.37. The van der Waals surface area contributed by atoms with Crippen LogP contribution in [0.15, 0.2) is 53.9 Å². The van der Waals surface area contributed by atoms with Gasteiger partial charge in [0.05, 0.1) is 5.92 Å². The van der Waals surface area contributed by atoms with Crippen LogP contribution in [0.25, 0.3) is 10.1 Å². The van der Waals surface area contributed by atoms with E-state index in [0.29, 0.717) is 32.5 Å². The first-order valence-corrected chi connectivity index (χ1v) is 10.2. The lowest BCUT2D eigenvalue weighted by Gasteiger charge is -2.32. The van der Waals surface area contributed by atoms with Gasteiger partial charge in [-0.15, -0.1) is 11.3 Å². The molecule has 1 fully saturated rings. The van der Waals surface area contributed by atoms with Gasteiger partial charge in [-0.3, -0.25) is 9.59 Å². The third-order valence-electron chi connectivity index (χ3n) is 5.12. The Bertz CT molecular complexity index is 1020. The van der Waals surface area contributed by atoms with Gasteiger partial charge in [0, 0.05) is 30.8 Å². The second-order valence-electron chi connectivity index (χ2n) is 7.15. The van der Waals surface area contributed by atoms with Crippen molar-refractivity contribution in [2.24, 2.45) is 5.92 Å². The molecule has 0 saturated carbocycles. The summed E-state index contributed by atoms with van der Waals surface area (Å²) in [7, 11) is 0. The first-order chi connectivity index (χ1) is 13.6. The molecule has 1 atom stereocenters. The van der Waals surface area contributed by atoms with Crippen molar-refractivity contribution >= 4 is 33.2 Å². The van der Waals surface area contributed by atoms with Gasteiger partial charge in [0.25, 0.3) is 0 Å². The summed E-state index contributed by atoms with van der Waals surface area (Å²) in [5.41, 5.74) is 1.79. The van der Waals surface area contributed by atoms with Crippen LogP contribution in [-0.4, -0.2) is 23.3 Å². The smallest absolute Gasteiger partial charge is 0.225 e. The Hall–Kier alpha value is -2.73. The number of likely N-dealkylation sites (tertiary alicyclic amines) is 1. The number of hydrogen-bond acceptors (Lipinski definition) is 3. The van der Waals surface area contributed by atoms with E-state index in [-0.39, 0.29) is 23.5 Å². The molecule has 2 heterocycles. The van der Waals surface area contributed by atoms with E-state index >= 15 is 0 Å². The maximum atomic E-state index is 13.4. The van der Waals surface area contributed by atoms with Crippen LogP contribution in [-0.2, 0) is 22.7 Å². The van der Waals surface area contributed by atoms with Gasteiger partial charge < -0.3 is 10.2 Å². The fourth-order valence-electron chi connectivity index (χ4n) is 3.60. The fraction of sp³-hybridized carbons (Fsp3) is 0.273. The summed E-state index contributed by atoms with van der Waals surface area (Å²) in [6.07, 6.45) is 0.891. The number of thiophene rings is 1. The molecule has 1 saturated heterocycles. The maximum absolute atomic E-state index is 13.4. The molecule has 0 radical (unpaired) electrons. The minimum atomic E-state index is -0.321. The number of benzene rings is 2. The van der Waals surface area contributed by atoms with Crippen LogP contribution in [0.1, 0.15) is 24.0 Å². The summed E-state index contributed by atoms with van der Waals surface area (Å²) < 4.78 is 14.6. The van der Waals surface area contributed by atoms with Gasteiger partial charge in [-0.1, -0.05) is 18.2 Å². The largest absolute Gasteiger partial charge is 0.352 e. The Balaban J connectivity index is 1.36. The predicted octanol–water partition coefficient (Wildman–Crippen LogP) is 4.10. The van der Waals surface area contributed by atoms with Gasteiger partial charge in [0.15, 0.2) is 0 Å². The number of piperidine rings is 1. The van der Waals surface area contributed by atoms with Crippen molar-refractivity contribution in [3.8, 4) is 0 Å². The van der Waals surface area contributed by atoms with Crippen LogP contribution in [0.2, 0.25) is 0 Å². The van der Waals surface area contributed by atoms with E-state index < -0.39 is 0 Å². The molecule has 0 spiro atoms. The Morgan fingerprint density at radius 1 is 1.18 bits per heavy atom. The van der Waals surface area contributed by atoms with Gasteiger partial charge in [-0.05, 0) is 58.6 Å². The van der Waals surface area contributed by atoms with Gasteiger partial charge in [-0.2, -0.15) is 0 Å². The highest BCUT2D eigenvalue weighted by molar-refractivity contribution is 7.17. The SMILES string of the molecule is O=C(NCc1ccc2sccc2c1)C1CCC(=O)N(Cc2cccc(F)c2)C1. The molecule has 2 amide bonds. The minimum absolute atomic E-state index is 0.0104. The molecule has 28 heavy (non-hydrogen) atoms. The van der Waals surface area contributed by atoms with Gasteiger partial charge in [0.1, 0.15) is 5.82 Å². The highest BCUT2D eigenvalue weighted by atomic mass is 32.1. The van der Waals surface area contributed by atoms with Crippen molar-refractivity contribution in [1.82, 2.24) is 10.2 Å². The zero-order chi connectivity index (χ0) is 19.5. The monoisotopic (exact) mass is 396 g/mol. The van der Waals surface area contributed by atoms with Crippen LogP contribution in [0.4, 0.5) is 4.39 Å². The first-order valence-electron chi connectivity index (χ1n) is 9.34. The van der Waals surface area contributed by atoms with E-state index in [0.717, 1.165) is 11.1 Å². The zero-order valence-corrected chi connectivity index (χ0v) is 16.2. The Morgan fingerprint density at radius 3 is 2.93 bits per heavy atom. The molecule has 1 aliphatic heterocycles. The number of amides is 2. The number of hydrogen-bond donors (Lipinski definition) is 1. The van der Waals surface area contributed by atoms with Crippen LogP contribution in [0, 0.1) is 11.7 Å². The molecule has 4 nitrogen and oxygen atoms in total. The number of carbonyl (C=O) groups is 2. The van der Waals surface area contributed by atoms with Crippen LogP contribution < -0.4 is 5.32 Å². The number of fused-ring (bicyclic) bond motifs is 1. The summed E-state index contributed by atoms with van der Waals surface area (Å²) in [6.45, 7) is 1.17. The standard InChI is InChI=1S/C22H21FN2O2S/c23-19-3-1-2-16(11-19)13-25-14-18(5-7-21(25)26)22(27)24-12-15-4-6-20-17(10-15)8-9-28-20/h1-4,6,8-11,18H,5,7,12-14H2,(H,24,27). The third kappa shape index (κ3) is 4.22. The molecular formula is C22H21FN2O2S. The summed E-state index contributed by atoms with van der Waals surface area (Å²) in [5.74, 6) is -0.589. The average molecular weight is 396 g/mol. The van der Waals surface area contributed by atoms with E-state index in [9.17, 15) is 14.0 Å². The molecule has 144 valence electrons. The van der Waals surface area contributed by atoms with Crippen molar-refractivity contribution in [3.63, 3.8) is 0 Å². The molecule has 0 bridgehead atoms. The normalized spacial score (nSPS) is 17.1. The summed E-state index contributed by atoms with van der Waals surface area (Å²) in [5, 5.41) is 6.24. The lowest BCUT2D eigenvalue weighted by atomic mass is 9.96. The lowest BCUT2D eigenvalue weighted by molar-refractivity contribution is -0.139. The molecule has 1 unspecified atom stereocenters. The second-order valence-corrected chi connectivity index (χ2v) is 8.10. The van der Waals surface area contributed by atoms with Crippen LogP contribution >= 0.6 is 11.3 Å². The highest BCUT2D eigenvalue weighted by Crippen LogP contribution is 2.23. The van der Waals surface area contributed by atoms with Crippen LogP contribution in [0.5, 0.6) is 0 Å². The summed E-state index contributed by atoms with van der Waals surface area (Å²) in [6, 6.07) is 14.5. The van der Waals surface area contributed by atoms with Gasteiger partial charge in [0.2, 0.25) is 11.8 Å². The Morgan fingerprint density at radius 2 is 2.07 bits per heavy atom. The lowest BCUT2D eigenvalue weighted by Crippen LogP contribution is -2.45. The van der Waals surface area contributed by atoms with E-state index in [1.54, 1.807) is 28.4 Å². The van der Waals surface area contributed by atoms with Crippen molar-refractivity contribution < 1.29 is 14.0 Å². The molecular weight excluding hydrogens is 375 g/mol. The molecule has 1 aliphatic rings. The molecule has 1 aromatic heterocycles. The Labute approximate surface area is 167 Å². The van der Waals surface area contributed by atoms with E-state index in [1.165, 1.54) is 22.2 Å². The average Bonchev–Trinajstić information content (AvgIpc) is 3.16. The molecule has 4 rings (SSSR count). The van der Waals surface area contributed by atoms with Crippen molar-refractivity contribution in [3.05, 3.63) is 70.9 Å². The molecule has 3 aromatic rings. The number of rotatable bonds is 5. The van der Waals surface area contributed by atoms with Gasteiger partial charge in [-0.25, -0.2) is 4.39 Å². The topological polar surface area (TPSA) is 49.4 Å². The quantitative estimate of drug-likeness (QED) is 0.706. The zero-order valence-electron chi connectivity index (χ0n) is 15.4. The van der Waals surface area contributed by atoms with E-state index in [1.807, 2.05) is 6.07 Å². The van der Waals surface area contributed by atoms with Crippen LogP contribution in [0.3, 0.4) is 0 Å². The van der Waals surface area contributed by atoms with Gasteiger partial charge >= 0.3 is 0 Å². The maximum Gasteiger partial charge on any atom is 0.225 e. The molecule has 0 aliphatic carbocycles. The molecule has 1 N–H and O–H groups in total. The van der Waals surface area contributed by atoms with Crippen molar-refractivity contribution in [1.29, 1.82) is 0 Å². The number of carbonyl (C=O) groups excluding carboxylic acids is 2. The summed E-state index contributed by atoms with van der Waals surface area (Å²) in [4.78, 5) is 26.5. The second kappa shape index (κ2) is 8.10. The minimum Gasteiger partial charge on any atom is -0.352 e.